The van der Waals surface area contributed by atoms with E-state index >= 15 is 0 Å². The maximum atomic E-state index is 11.7. The monoisotopic (exact) mass is 234 g/mol. The molecule has 1 amide bonds. The lowest BCUT2D eigenvalue weighted by Crippen LogP contribution is -2.23. The fraction of sp³-hybridized carbons (Fsp3) is 0.417. The van der Waals surface area contributed by atoms with Crippen LogP contribution < -0.4 is 5.32 Å². The van der Waals surface area contributed by atoms with Gasteiger partial charge in [0, 0.05) is 18.4 Å². The van der Waals surface area contributed by atoms with Crippen LogP contribution in [0.2, 0.25) is 0 Å². The molecule has 90 valence electrons. The van der Waals surface area contributed by atoms with Crippen LogP contribution >= 0.6 is 0 Å². The van der Waals surface area contributed by atoms with Crippen LogP contribution in [0.25, 0.3) is 0 Å². The molecule has 0 aromatic carbocycles. The number of ether oxygens (including phenoxy) is 1. The second-order valence-electron chi connectivity index (χ2n) is 4.04. The van der Waals surface area contributed by atoms with Gasteiger partial charge in [0.1, 0.15) is 5.82 Å². The summed E-state index contributed by atoms with van der Waals surface area (Å²) in [5, 5.41) is 2.71. The van der Waals surface area contributed by atoms with Gasteiger partial charge in [-0.2, -0.15) is 0 Å². The largest absolute Gasteiger partial charge is 0.381 e. The molecule has 2 heterocycles. The highest BCUT2D eigenvalue weighted by Gasteiger charge is 2.23. The van der Waals surface area contributed by atoms with Gasteiger partial charge in [0.15, 0.2) is 5.78 Å². The number of carbonyl (C=O) groups excluding carboxylic acids is 2. The van der Waals surface area contributed by atoms with Gasteiger partial charge in [0.2, 0.25) is 5.91 Å². The van der Waals surface area contributed by atoms with Crippen LogP contribution in [-0.2, 0) is 9.53 Å². The van der Waals surface area contributed by atoms with Crippen molar-refractivity contribution in [3.8, 4) is 0 Å². The Balaban J connectivity index is 1.98. The molecule has 2 rings (SSSR count). The summed E-state index contributed by atoms with van der Waals surface area (Å²) < 4.78 is 5.14. The van der Waals surface area contributed by atoms with E-state index in [0.29, 0.717) is 24.6 Å². The first-order chi connectivity index (χ1) is 8.16. The molecular formula is C12H14N2O3. The van der Waals surface area contributed by atoms with Crippen molar-refractivity contribution >= 4 is 17.5 Å². The molecule has 1 saturated heterocycles. The van der Waals surface area contributed by atoms with E-state index in [1.54, 1.807) is 12.1 Å². The Morgan fingerprint density at radius 1 is 1.47 bits per heavy atom. The average Bonchev–Trinajstić information content (AvgIpc) is 2.83. The number of rotatable bonds is 3. The Labute approximate surface area is 99.2 Å². The topological polar surface area (TPSA) is 68.3 Å². The third kappa shape index (κ3) is 2.88. The molecule has 0 saturated carbocycles. The van der Waals surface area contributed by atoms with Gasteiger partial charge in [0.25, 0.3) is 0 Å². The van der Waals surface area contributed by atoms with Crippen molar-refractivity contribution < 1.29 is 14.3 Å². The zero-order valence-corrected chi connectivity index (χ0v) is 9.60. The summed E-state index contributed by atoms with van der Waals surface area (Å²) >= 11 is 0. The Kier molecular flexibility index (Phi) is 3.49. The van der Waals surface area contributed by atoms with Crippen LogP contribution in [0.15, 0.2) is 18.3 Å². The molecular weight excluding hydrogens is 220 g/mol. The zero-order valence-electron chi connectivity index (χ0n) is 9.60. The fourth-order valence-corrected chi connectivity index (χ4v) is 1.65. The summed E-state index contributed by atoms with van der Waals surface area (Å²) in [5.41, 5.74) is 0.534. The van der Waals surface area contributed by atoms with E-state index in [2.05, 4.69) is 10.3 Å². The lowest BCUT2D eigenvalue weighted by atomic mass is 10.1. The van der Waals surface area contributed by atoms with Crippen molar-refractivity contribution in [3.63, 3.8) is 0 Å². The van der Waals surface area contributed by atoms with Gasteiger partial charge in [-0.15, -0.1) is 0 Å². The number of nitrogens with zero attached hydrogens (tertiary/aromatic N) is 1. The van der Waals surface area contributed by atoms with Gasteiger partial charge in [-0.3, -0.25) is 9.59 Å². The molecule has 17 heavy (non-hydrogen) atoms. The fourth-order valence-electron chi connectivity index (χ4n) is 1.65. The SMILES string of the molecule is CC(=O)c1ccc(NC(=O)[C@@H]2CCOC2)nc1. The minimum atomic E-state index is -0.0933. The molecule has 1 aliphatic rings. The second-order valence-corrected chi connectivity index (χ2v) is 4.04. The number of nitrogens with one attached hydrogen (secondary N) is 1. The minimum absolute atomic E-state index is 0.0421. The number of ketones is 1. The average molecular weight is 234 g/mol. The molecule has 0 aliphatic carbocycles. The van der Waals surface area contributed by atoms with Crippen molar-refractivity contribution in [1.29, 1.82) is 0 Å². The van der Waals surface area contributed by atoms with Gasteiger partial charge >= 0.3 is 0 Å². The number of aromatic nitrogens is 1. The van der Waals surface area contributed by atoms with Crippen LogP contribution in [0, 0.1) is 5.92 Å². The lowest BCUT2D eigenvalue weighted by Gasteiger charge is -2.08. The summed E-state index contributed by atoms with van der Waals surface area (Å²) in [6, 6.07) is 3.28. The van der Waals surface area contributed by atoms with Crippen LogP contribution in [-0.4, -0.2) is 29.9 Å². The highest BCUT2D eigenvalue weighted by Crippen LogP contribution is 2.15. The zero-order chi connectivity index (χ0) is 12.3. The molecule has 1 aromatic heterocycles. The van der Waals surface area contributed by atoms with Crippen LogP contribution in [0.4, 0.5) is 5.82 Å². The molecule has 0 bridgehead atoms. The van der Waals surface area contributed by atoms with Crippen molar-refractivity contribution in [2.45, 2.75) is 13.3 Å². The van der Waals surface area contributed by atoms with E-state index in [4.69, 9.17) is 4.74 Å². The molecule has 1 fully saturated rings. The summed E-state index contributed by atoms with van der Waals surface area (Å²) in [5.74, 6) is 0.251. The molecule has 0 spiro atoms. The predicted octanol–water partition coefficient (Wildman–Crippen LogP) is 1.26. The van der Waals surface area contributed by atoms with E-state index in [-0.39, 0.29) is 17.6 Å². The van der Waals surface area contributed by atoms with Gasteiger partial charge < -0.3 is 10.1 Å². The first-order valence-corrected chi connectivity index (χ1v) is 5.52. The third-order valence-corrected chi connectivity index (χ3v) is 2.72. The molecule has 5 nitrogen and oxygen atoms in total. The number of anilines is 1. The van der Waals surface area contributed by atoms with E-state index in [1.807, 2.05) is 0 Å². The van der Waals surface area contributed by atoms with Crippen molar-refractivity contribution in [2.75, 3.05) is 18.5 Å². The number of pyridine rings is 1. The molecule has 1 aromatic rings. The maximum Gasteiger partial charge on any atom is 0.231 e. The quantitative estimate of drug-likeness (QED) is 0.799. The van der Waals surface area contributed by atoms with E-state index in [0.717, 1.165) is 6.42 Å². The molecule has 0 unspecified atom stereocenters. The second kappa shape index (κ2) is 5.05. The molecule has 1 aliphatic heterocycles. The Morgan fingerprint density at radius 3 is 2.82 bits per heavy atom. The first kappa shape index (κ1) is 11.7. The van der Waals surface area contributed by atoms with Crippen molar-refractivity contribution in [3.05, 3.63) is 23.9 Å². The number of hydrogen-bond acceptors (Lipinski definition) is 4. The molecule has 1 atom stereocenters. The van der Waals surface area contributed by atoms with Crippen LogP contribution in [0.1, 0.15) is 23.7 Å². The van der Waals surface area contributed by atoms with Crippen LogP contribution in [0.3, 0.4) is 0 Å². The summed E-state index contributed by atoms with van der Waals surface area (Å²) in [4.78, 5) is 26.8. The predicted molar refractivity (Wildman–Crippen MR) is 61.8 cm³/mol. The van der Waals surface area contributed by atoms with E-state index in [1.165, 1.54) is 13.1 Å². The summed E-state index contributed by atoms with van der Waals surface area (Å²) in [7, 11) is 0. The number of carbonyl (C=O) groups is 2. The highest BCUT2D eigenvalue weighted by molar-refractivity contribution is 5.95. The lowest BCUT2D eigenvalue weighted by molar-refractivity contribution is -0.119. The Morgan fingerprint density at radius 2 is 2.29 bits per heavy atom. The first-order valence-electron chi connectivity index (χ1n) is 5.52. The van der Waals surface area contributed by atoms with Gasteiger partial charge in [-0.25, -0.2) is 4.98 Å². The number of hydrogen-bond donors (Lipinski definition) is 1. The Bertz CT molecular complexity index is 422. The van der Waals surface area contributed by atoms with E-state index < -0.39 is 0 Å². The standard InChI is InChI=1S/C12H14N2O3/c1-8(15)9-2-3-11(13-6-9)14-12(16)10-4-5-17-7-10/h2-3,6,10H,4-5,7H2,1H3,(H,13,14,16)/t10-/m1/s1. The number of amides is 1. The number of Topliss-reactive ketones (excluding diaryl/α,β-unsaturated/α-hetero) is 1. The smallest absolute Gasteiger partial charge is 0.231 e. The maximum absolute atomic E-state index is 11.7. The molecule has 0 radical (unpaired) electrons. The Hall–Kier alpha value is -1.75. The highest BCUT2D eigenvalue weighted by atomic mass is 16.5. The van der Waals surface area contributed by atoms with Gasteiger partial charge in [0.05, 0.1) is 12.5 Å². The molecule has 5 heteroatoms. The van der Waals surface area contributed by atoms with Gasteiger partial charge in [-0.05, 0) is 25.5 Å². The van der Waals surface area contributed by atoms with Crippen molar-refractivity contribution in [2.24, 2.45) is 5.92 Å². The van der Waals surface area contributed by atoms with Crippen LogP contribution in [0.5, 0.6) is 0 Å². The summed E-state index contributed by atoms with van der Waals surface area (Å²) in [6.07, 6.45) is 2.21. The summed E-state index contributed by atoms with van der Waals surface area (Å²) in [6.45, 7) is 2.58. The van der Waals surface area contributed by atoms with Crippen molar-refractivity contribution in [1.82, 2.24) is 4.98 Å². The van der Waals surface area contributed by atoms with Gasteiger partial charge in [-0.1, -0.05) is 0 Å². The third-order valence-electron chi connectivity index (χ3n) is 2.72. The molecule has 1 N–H and O–H groups in total. The van der Waals surface area contributed by atoms with E-state index in [9.17, 15) is 9.59 Å². The minimum Gasteiger partial charge on any atom is -0.381 e. The normalized spacial score (nSPS) is 19.0.